The second-order valence-electron chi connectivity index (χ2n) is 5.58. The van der Waals surface area contributed by atoms with Gasteiger partial charge < -0.3 is 16.0 Å². The number of hydrogen-bond acceptors (Lipinski definition) is 3. The van der Waals surface area contributed by atoms with Crippen molar-refractivity contribution in [1.29, 1.82) is 0 Å². The van der Waals surface area contributed by atoms with Crippen molar-refractivity contribution in [3.05, 3.63) is 65.2 Å². The van der Waals surface area contributed by atoms with Crippen molar-refractivity contribution in [2.45, 2.75) is 13.3 Å². The van der Waals surface area contributed by atoms with Gasteiger partial charge in [0.1, 0.15) is 0 Å². The summed E-state index contributed by atoms with van der Waals surface area (Å²) in [4.78, 5) is 35.4. The molecule has 0 radical (unpaired) electrons. The molecule has 0 aromatic heterocycles. The van der Waals surface area contributed by atoms with E-state index in [9.17, 15) is 14.4 Å². The van der Waals surface area contributed by atoms with Crippen molar-refractivity contribution < 1.29 is 14.4 Å². The highest BCUT2D eigenvalue weighted by molar-refractivity contribution is 5.96. The molecule has 0 heterocycles. The third-order valence-electron chi connectivity index (χ3n) is 3.58. The summed E-state index contributed by atoms with van der Waals surface area (Å²) in [5.41, 5.74) is 2.70. The van der Waals surface area contributed by atoms with Crippen LogP contribution in [-0.2, 0) is 4.79 Å². The van der Waals surface area contributed by atoms with Crippen LogP contribution in [0.15, 0.2) is 48.5 Å². The van der Waals surface area contributed by atoms with Gasteiger partial charge in [-0.25, -0.2) is 0 Å². The van der Waals surface area contributed by atoms with Gasteiger partial charge in [0.15, 0.2) is 0 Å². The molecule has 0 aliphatic heterocycles. The lowest BCUT2D eigenvalue weighted by atomic mass is 10.1. The lowest BCUT2D eigenvalue weighted by molar-refractivity contribution is -0.116. The van der Waals surface area contributed by atoms with Crippen LogP contribution in [0.25, 0.3) is 0 Å². The molecule has 0 saturated heterocycles. The number of rotatable bonds is 6. The Morgan fingerprint density at radius 1 is 0.920 bits per heavy atom. The summed E-state index contributed by atoms with van der Waals surface area (Å²) < 4.78 is 0. The summed E-state index contributed by atoms with van der Waals surface area (Å²) in [6.45, 7) is 2.16. The molecule has 0 unspecified atom stereocenters. The third-order valence-corrected chi connectivity index (χ3v) is 3.58. The van der Waals surface area contributed by atoms with Crippen molar-refractivity contribution in [2.24, 2.45) is 0 Å². The number of hydrogen-bond donors (Lipinski definition) is 3. The monoisotopic (exact) mass is 339 g/mol. The largest absolute Gasteiger partial charge is 0.355 e. The van der Waals surface area contributed by atoms with Crippen molar-refractivity contribution in [1.82, 2.24) is 10.6 Å². The average Bonchev–Trinajstić information content (AvgIpc) is 2.61. The van der Waals surface area contributed by atoms with Gasteiger partial charge in [-0.05, 0) is 43.3 Å². The number of nitrogens with one attached hydrogen (secondary N) is 3. The van der Waals surface area contributed by atoms with E-state index in [1.54, 1.807) is 43.4 Å². The van der Waals surface area contributed by atoms with Crippen molar-refractivity contribution >= 4 is 23.4 Å². The average molecular weight is 339 g/mol. The lowest BCUT2D eigenvalue weighted by Gasteiger charge is -2.08. The molecule has 0 bridgehead atoms. The van der Waals surface area contributed by atoms with E-state index in [0.717, 1.165) is 5.56 Å². The first kappa shape index (κ1) is 18.2. The zero-order chi connectivity index (χ0) is 18.2. The minimum absolute atomic E-state index is 0.161. The molecule has 130 valence electrons. The fraction of sp³-hybridized carbons (Fsp3) is 0.211. The van der Waals surface area contributed by atoms with Gasteiger partial charge in [-0.3, -0.25) is 14.4 Å². The van der Waals surface area contributed by atoms with Gasteiger partial charge >= 0.3 is 0 Å². The summed E-state index contributed by atoms with van der Waals surface area (Å²) in [5, 5.41) is 7.98. The first-order valence-corrected chi connectivity index (χ1v) is 7.96. The molecule has 2 aromatic carbocycles. The Morgan fingerprint density at radius 2 is 1.64 bits per heavy atom. The predicted molar refractivity (Wildman–Crippen MR) is 96.6 cm³/mol. The van der Waals surface area contributed by atoms with Crippen LogP contribution in [0.2, 0.25) is 0 Å². The first-order chi connectivity index (χ1) is 12.0. The molecule has 6 nitrogen and oxygen atoms in total. The van der Waals surface area contributed by atoms with Gasteiger partial charge in [0.05, 0.1) is 0 Å². The van der Waals surface area contributed by atoms with Crippen LogP contribution < -0.4 is 16.0 Å². The Balaban J connectivity index is 1.79. The molecule has 0 saturated carbocycles. The second kappa shape index (κ2) is 8.63. The number of aryl methyl sites for hydroxylation is 1. The Morgan fingerprint density at radius 3 is 2.28 bits per heavy atom. The van der Waals surface area contributed by atoms with E-state index in [4.69, 9.17) is 0 Å². The quantitative estimate of drug-likeness (QED) is 0.753. The maximum Gasteiger partial charge on any atom is 0.251 e. The Bertz CT molecular complexity index is 770. The Kier molecular flexibility index (Phi) is 6.28. The van der Waals surface area contributed by atoms with E-state index in [2.05, 4.69) is 16.0 Å². The minimum Gasteiger partial charge on any atom is -0.355 e. The SMILES string of the molecule is CNC(=O)c1ccc(NC(=O)CCNC(=O)c2cccc(C)c2)cc1. The summed E-state index contributed by atoms with van der Waals surface area (Å²) >= 11 is 0. The highest BCUT2D eigenvalue weighted by atomic mass is 16.2. The lowest BCUT2D eigenvalue weighted by Crippen LogP contribution is -2.27. The third kappa shape index (κ3) is 5.46. The van der Waals surface area contributed by atoms with Gasteiger partial charge in [0.2, 0.25) is 5.91 Å². The molecule has 0 aliphatic carbocycles. The highest BCUT2D eigenvalue weighted by Crippen LogP contribution is 2.10. The van der Waals surface area contributed by atoms with Crippen LogP contribution in [0, 0.1) is 6.92 Å². The summed E-state index contributed by atoms with van der Waals surface area (Å²) in [6.07, 6.45) is 0.161. The molecule has 0 atom stereocenters. The second-order valence-corrected chi connectivity index (χ2v) is 5.58. The van der Waals surface area contributed by atoms with Crippen LogP contribution in [0.5, 0.6) is 0 Å². The van der Waals surface area contributed by atoms with E-state index in [1.165, 1.54) is 0 Å². The topological polar surface area (TPSA) is 87.3 Å². The molecule has 0 spiro atoms. The molecule has 3 amide bonds. The molecule has 6 heteroatoms. The zero-order valence-corrected chi connectivity index (χ0v) is 14.3. The number of benzene rings is 2. The van der Waals surface area contributed by atoms with Crippen LogP contribution >= 0.6 is 0 Å². The van der Waals surface area contributed by atoms with Gasteiger partial charge in [-0.1, -0.05) is 17.7 Å². The van der Waals surface area contributed by atoms with Crippen molar-refractivity contribution in [3.8, 4) is 0 Å². The van der Waals surface area contributed by atoms with Gasteiger partial charge in [-0.2, -0.15) is 0 Å². The molecule has 0 aliphatic rings. The molecule has 0 fully saturated rings. The van der Waals surface area contributed by atoms with Crippen molar-refractivity contribution in [2.75, 3.05) is 18.9 Å². The highest BCUT2D eigenvalue weighted by Gasteiger charge is 2.08. The summed E-state index contributed by atoms with van der Waals surface area (Å²) in [5.74, 6) is -0.597. The van der Waals surface area contributed by atoms with Gasteiger partial charge in [0.25, 0.3) is 11.8 Å². The van der Waals surface area contributed by atoms with Gasteiger partial charge in [0, 0.05) is 36.8 Å². The number of carbonyl (C=O) groups excluding carboxylic acids is 3. The van der Waals surface area contributed by atoms with E-state index in [-0.39, 0.29) is 30.7 Å². The maximum absolute atomic E-state index is 12.0. The van der Waals surface area contributed by atoms with E-state index >= 15 is 0 Å². The van der Waals surface area contributed by atoms with Crippen LogP contribution in [0.1, 0.15) is 32.7 Å². The smallest absolute Gasteiger partial charge is 0.251 e. The minimum atomic E-state index is -0.211. The van der Waals surface area contributed by atoms with E-state index in [1.807, 2.05) is 19.1 Å². The van der Waals surface area contributed by atoms with Crippen LogP contribution in [0.3, 0.4) is 0 Å². The number of anilines is 1. The molecule has 2 aromatic rings. The molecule has 25 heavy (non-hydrogen) atoms. The zero-order valence-electron chi connectivity index (χ0n) is 14.3. The predicted octanol–water partition coefficient (Wildman–Crippen LogP) is 2.11. The normalized spacial score (nSPS) is 10.0. The summed E-state index contributed by atoms with van der Waals surface area (Å²) in [7, 11) is 1.56. The standard InChI is InChI=1S/C19H21N3O3/c1-13-4-3-5-15(12-13)19(25)21-11-10-17(23)22-16-8-6-14(7-9-16)18(24)20-2/h3-9,12H,10-11H2,1-2H3,(H,20,24)(H,21,25)(H,22,23). The number of carbonyl (C=O) groups is 3. The number of amides is 3. The molecular formula is C19H21N3O3. The molecular weight excluding hydrogens is 318 g/mol. The first-order valence-electron chi connectivity index (χ1n) is 7.96. The molecule has 3 N–H and O–H groups in total. The van der Waals surface area contributed by atoms with E-state index in [0.29, 0.717) is 16.8 Å². The van der Waals surface area contributed by atoms with Crippen molar-refractivity contribution in [3.63, 3.8) is 0 Å². The van der Waals surface area contributed by atoms with Gasteiger partial charge in [-0.15, -0.1) is 0 Å². The van der Waals surface area contributed by atoms with E-state index < -0.39 is 0 Å². The Labute approximate surface area is 146 Å². The fourth-order valence-electron chi connectivity index (χ4n) is 2.25. The van der Waals surface area contributed by atoms with Crippen LogP contribution in [-0.4, -0.2) is 31.3 Å². The maximum atomic E-state index is 12.0. The molecule has 2 rings (SSSR count). The van der Waals surface area contributed by atoms with Crippen LogP contribution in [0.4, 0.5) is 5.69 Å². The Hall–Kier alpha value is -3.15. The fourth-order valence-corrected chi connectivity index (χ4v) is 2.25. The summed E-state index contributed by atoms with van der Waals surface area (Å²) in [6, 6.07) is 13.8.